The van der Waals surface area contributed by atoms with Crippen LogP contribution in [0.2, 0.25) is 0 Å². The normalized spacial score (nSPS) is 15.3. The number of amides is 1. The van der Waals surface area contributed by atoms with Crippen LogP contribution in [-0.2, 0) is 21.4 Å². The summed E-state index contributed by atoms with van der Waals surface area (Å²) in [7, 11) is -3.41. The van der Waals surface area contributed by atoms with Gasteiger partial charge in [0, 0.05) is 24.5 Å². The van der Waals surface area contributed by atoms with Gasteiger partial charge in [-0.15, -0.1) is 11.8 Å². The van der Waals surface area contributed by atoms with Crippen molar-refractivity contribution in [2.75, 3.05) is 18.8 Å². The van der Waals surface area contributed by atoms with E-state index in [1.807, 2.05) is 31.2 Å². The molecule has 0 atom stereocenters. The fourth-order valence-electron chi connectivity index (χ4n) is 3.15. The molecule has 2 aromatic carbocycles. The number of hydrogen-bond donors (Lipinski definition) is 1. The predicted molar refractivity (Wildman–Crippen MR) is 113 cm³/mol. The Morgan fingerprint density at radius 1 is 1.04 bits per heavy atom. The minimum absolute atomic E-state index is 0.0433. The summed E-state index contributed by atoms with van der Waals surface area (Å²) in [6.07, 6.45) is 2.93. The molecule has 2 aromatic rings. The summed E-state index contributed by atoms with van der Waals surface area (Å²) < 4.78 is 26.9. The number of benzene rings is 2. The third-order valence-electron chi connectivity index (χ3n) is 4.82. The number of hydrogen-bond acceptors (Lipinski definition) is 4. The van der Waals surface area contributed by atoms with Crippen LogP contribution in [0.25, 0.3) is 0 Å². The van der Waals surface area contributed by atoms with Gasteiger partial charge in [0.2, 0.25) is 15.9 Å². The highest BCUT2D eigenvalue weighted by Gasteiger charge is 2.25. The number of rotatable bonds is 7. The molecule has 0 unspecified atom stereocenters. The number of nitrogens with one attached hydrogen (secondary N) is 1. The van der Waals surface area contributed by atoms with Crippen molar-refractivity contribution in [3.8, 4) is 0 Å². The Morgan fingerprint density at radius 3 is 2.39 bits per heavy atom. The molecule has 1 saturated heterocycles. The largest absolute Gasteiger partial charge is 0.351 e. The number of piperidine rings is 1. The fraction of sp³-hybridized carbons (Fsp3) is 0.381. The highest BCUT2D eigenvalue weighted by Crippen LogP contribution is 2.22. The molecule has 1 N–H and O–H groups in total. The molecule has 0 saturated carbocycles. The van der Waals surface area contributed by atoms with Gasteiger partial charge >= 0.3 is 0 Å². The van der Waals surface area contributed by atoms with Gasteiger partial charge in [-0.05, 0) is 49.1 Å². The molecule has 0 aromatic heterocycles. The maximum absolute atomic E-state index is 12.7. The summed E-state index contributed by atoms with van der Waals surface area (Å²) in [6.45, 7) is 3.61. The van der Waals surface area contributed by atoms with Crippen LogP contribution in [0, 0.1) is 6.92 Å². The Bertz CT molecular complexity index is 906. The molecule has 7 heteroatoms. The molecule has 0 spiro atoms. The molecule has 0 aliphatic carbocycles. The predicted octanol–water partition coefficient (Wildman–Crippen LogP) is 3.58. The second-order valence-electron chi connectivity index (χ2n) is 6.94. The van der Waals surface area contributed by atoms with Crippen LogP contribution >= 0.6 is 11.8 Å². The molecule has 1 aliphatic rings. The smallest absolute Gasteiger partial charge is 0.243 e. The first-order valence-electron chi connectivity index (χ1n) is 9.51. The van der Waals surface area contributed by atoms with Gasteiger partial charge in [0.15, 0.2) is 0 Å². The summed E-state index contributed by atoms with van der Waals surface area (Å²) in [6, 6.07) is 14.8. The van der Waals surface area contributed by atoms with Gasteiger partial charge in [0.25, 0.3) is 0 Å². The molecule has 1 amide bonds. The lowest BCUT2D eigenvalue weighted by atomic mass is 10.2. The van der Waals surface area contributed by atoms with Gasteiger partial charge in [-0.3, -0.25) is 4.79 Å². The van der Waals surface area contributed by atoms with Gasteiger partial charge in [0.1, 0.15) is 0 Å². The Hall–Kier alpha value is -1.83. The lowest BCUT2D eigenvalue weighted by Gasteiger charge is -2.25. The average molecular weight is 419 g/mol. The van der Waals surface area contributed by atoms with Crippen molar-refractivity contribution in [3.63, 3.8) is 0 Å². The monoisotopic (exact) mass is 418 g/mol. The average Bonchev–Trinajstić information content (AvgIpc) is 2.72. The maximum atomic E-state index is 12.7. The van der Waals surface area contributed by atoms with Gasteiger partial charge in [-0.25, -0.2) is 8.42 Å². The number of nitrogens with zero attached hydrogens (tertiary/aromatic N) is 1. The van der Waals surface area contributed by atoms with Crippen molar-refractivity contribution >= 4 is 27.7 Å². The summed E-state index contributed by atoms with van der Waals surface area (Å²) in [4.78, 5) is 13.5. The fourth-order valence-corrected chi connectivity index (χ4v) is 5.52. The summed E-state index contributed by atoms with van der Waals surface area (Å²) in [5.74, 6) is 0.310. The SMILES string of the molecule is Cc1ccccc1SCC(=O)NCc1ccc(S(=O)(=O)N2CCCCC2)cc1. The standard InChI is InChI=1S/C21H26N2O3S2/c1-17-7-3-4-8-20(17)27-16-21(24)22-15-18-9-11-19(12-10-18)28(25,26)23-13-5-2-6-14-23/h3-4,7-12H,2,5-6,13-16H2,1H3,(H,22,24). The first-order valence-corrected chi connectivity index (χ1v) is 11.9. The van der Waals surface area contributed by atoms with E-state index >= 15 is 0 Å². The van der Waals surface area contributed by atoms with Crippen molar-refractivity contribution in [1.29, 1.82) is 0 Å². The molecule has 28 heavy (non-hydrogen) atoms. The van der Waals surface area contributed by atoms with E-state index in [0.717, 1.165) is 35.3 Å². The minimum Gasteiger partial charge on any atom is -0.351 e. The molecule has 1 aliphatic heterocycles. The first-order chi connectivity index (χ1) is 13.5. The Labute approximate surface area is 171 Å². The third kappa shape index (κ3) is 5.37. The summed E-state index contributed by atoms with van der Waals surface area (Å²) >= 11 is 1.52. The maximum Gasteiger partial charge on any atom is 0.243 e. The van der Waals surface area contributed by atoms with E-state index in [0.29, 0.717) is 30.3 Å². The minimum atomic E-state index is -3.41. The van der Waals surface area contributed by atoms with Gasteiger partial charge in [-0.1, -0.05) is 36.8 Å². The van der Waals surface area contributed by atoms with E-state index in [-0.39, 0.29) is 5.91 Å². The van der Waals surface area contributed by atoms with E-state index in [1.54, 1.807) is 28.6 Å². The molecular formula is C21H26N2O3S2. The van der Waals surface area contributed by atoms with Gasteiger partial charge in [-0.2, -0.15) is 4.31 Å². The number of thioether (sulfide) groups is 1. The van der Waals surface area contributed by atoms with Crippen molar-refractivity contribution < 1.29 is 13.2 Å². The van der Waals surface area contributed by atoms with Crippen LogP contribution < -0.4 is 5.32 Å². The van der Waals surface area contributed by atoms with Crippen LogP contribution in [0.3, 0.4) is 0 Å². The number of sulfonamides is 1. The van der Waals surface area contributed by atoms with Crippen molar-refractivity contribution in [2.24, 2.45) is 0 Å². The van der Waals surface area contributed by atoms with Crippen LogP contribution in [0.5, 0.6) is 0 Å². The Kier molecular flexibility index (Phi) is 7.15. The summed E-state index contributed by atoms with van der Waals surface area (Å²) in [5, 5.41) is 2.89. The van der Waals surface area contributed by atoms with Crippen molar-refractivity contribution in [3.05, 3.63) is 59.7 Å². The van der Waals surface area contributed by atoms with Crippen molar-refractivity contribution in [2.45, 2.75) is 42.5 Å². The number of aryl methyl sites for hydroxylation is 1. The molecular weight excluding hydrogens is 392 g/mol. The zero-order valence-corrected chi connectivity index (χ0v) is 17.7. The Morgan fingerprint density at radius 2 is 1.71 bits per heavy atom. The van der Waals surface area contributed by atoms with Crippen LogP contribution in [0.4, 0.5) is 0 Å². The molecule has 1 heterocycles. The third-order valence-corrected chi connectivity index (χ3v) is 7.91. The van der Waals surface area contributed by atoms with Gasteiger partial charge in [0.05, 0.1) is 10.6 Å². The van der Waals surface area contributed by atoms with E-state index in [1.165, 1.54) is 11.8 Å². The van der Waals surface area contributed by atoms with E-state index < -0.39 is 10.0 Å². The zero-order valence-electron chi connectivity index (χ0n) is 16.1. The van der Waals surface area contributed by atoms with Crippen LogP contribution in [0.15, 0.2) is 58.3 Å². The quantitative estimate of drug-likeness (QED) is 0.698. The molecule has 3 rings (SSSR count). The molecule has 0 radical (unpaired) electrons. The molecule has 5 nitrogen and oxygen atoms in total. The highest BCUT2D eigenvalue weighted by atomic mass is 32.2. The molecule has 0 bridgehead atoms. The van der Waals surface area contributed by atoms with E-state index in [9.17, 15) is 13.2 Å². The zero-order chi connectivity index (χ0) is 20.0. The van der Waals surface area contributed by atoms with Crippen molar-refractivity contribution in [1.82, 2.24) is 9.62 Å². The highest BCUT2D eigenvalue weighted by molar-refractivity contribution is 8.00. The van der Waals surface area contributed by atoms with Gasteiger partial charge < -0.3 is 5.32 Å². The van der Waals surface area contributed by atoms with Crippen LogP contribution in [0.1, 0.15) is 30.4 Å². The Balaban J connectivity index is 1.51. The number of carbonyl (C=O) groups excluding carboxylic acids is 1. The lowest BCUT2D eigenvalue weighted by molar-refractivity contribution is -0.118. The molecule has 1 fully saturated rings. The summed E-state index contributed by atoms with van der Waals surface area (Å²) in [5.41, 5.74) is 2.04. The molecule has 150 valence electrons. The van der Waals surface area contributed by atoms with Crippen LogP contribution in [-0.4, -0.2) is 37.5 Å². The second-order valence-corrected chi connectivity index (χ2v) is 9.89. The lowest BCUT2D eigenvalue weighted by Crippen LogP contribution is -2.35. The van der Waals surface area contributed by atoms with E-state index in [4.69, 9.17) is 0 Å². The second kappa shape index (κ2) is 9.58. The topological polar surface area (TPSA) is 66.5 Å². The van der Waals surface area contributed by atoms with E-state index in [2.05, 4.69) is 5.32 Å². The number of carbonyl (C=O) groups is 1. The first kappa shape index (κ1) is 20.9.